The van der Waals surface area contributed by atoms with Gasteiger partial charge >= 0.3 is 0 Å². The number of hydrogen-bond donors (Lipinski definition) is 2. The average molecular weight is 296 g/mol. The lowest BCUT2D eigenvalue weighted by Crippen LogP contribution is -2.29. The Labute approximate surface area is 122 Å². The lowest BCUT2D eigenvalue weighted by atomic mass is 10.1. The summed E-state index contributed by atoms with van der Waals surface area (Å²) in [6.07, 6.45) is 3.34. The van der Waals surface area contributed by atoms with Crippen molar-refractivity contribution < 1.29 is 9.53 Å². The molecule has 2 heterocycles. The number of ether oxygens (including phenoxy) is 1. The Morgan fingerprint density at radius 1 is 1.55 bits per heavy atom. The molecule has 1 aromatic rings. The maximum Gasteiger partial charge on any atom is 0.267 e. The second-order valence-electron chi connectivity index (χ2n) is 5.51. The molecule has 1 unspecified atom stereocenters. The third-order valence-corrected chi connectivity index (χ3v) is 4.72. The number of thiazole rings is 1. The predicted molar refractivity (Wildman–Crippen MR) is 79.1 cm³/mol. The smallest absolute Gasteiger partial charge is 0.267 e. The monoisotopic (exact) mass is 296 g/mol. The van der Waals surface area contributed by atoms with Crippen LogP contribution in [0, 0.1) is 5.92 Å². The zero-order valence-corrected chi connectivity index (χ0v) is 12.4. The first-order valence-electron chi connectivity index (χ1n) is 6.98. The summed E-state index contributed by atoms with van der Waals surface area (Å²) in [5, 5.41) is 4.05. The summed E-state index contributed by atoms with van der Waals surface area (Å²) in [6, 6.07) is 0.515. The van der Waals surface area contributed by atoms with Crippen molar-refractivity contribution in [3.63, 3.8) is 0 Å². The first kappa shape index (κ1) is 13.6. The summed E-state index contributed by atoms with van der Waals surface area (Å²) < 4.78 is 5.16. The van der Waals surface area contributed by atoms with Crippen LogP contribution in [-0.2, 0) is 4.74 Å². The molecule has 1 saturated heterocycles. The van der Waals surface area contributed by atoms with Gasteiger partial charge in [0.15, 0.2) is 5.13 Å². The molecule has 20 heavy (non-hydrogen) atoms. The summed E-state index contributed by atoms with van der Waals surface area (Å²) in [4.78, 5) is 19.1. The number of nitrogen functional groups attached to an aromatic ring is 1. The molecule has 1 aliphatic carbocycles. The van der Waals surface area contributed by atoms with Crippen molar-refractivity contribution in [3.8, 4) is 0 Å². The topological polar surface area (TPSA) is 80.5 Å². The number of nitrogens with zero attached hydrogens (tertiary/aromatic N) is 2. The fourth-order valence-corrected chi connectivity index (χ4v) is 3.41. The van der Waals surface area contributed by atoms with Crippen LogP contribution in [0.1, 0.15) is 28.9 Å². The van der Waals surface area contributed by atoms with Gasteiger partial charge in [-0.1, -0.05) is 11.3 Å². The van der Waals surface area contributed by atoms with Crippen molar-refractivity contribution in [1.82, 2.24) is 9.88 Å². The third-order valence-electron chi connectivity index (χ3n) is 3.73. The molecule has 1 aliphatic heterocycles. The quantitative estimate of drug-likeness (QED) is 0.858. The first-order chi connectivity index (χ1) is 9.67. The highest BCUT2D eigenvalue weighted by Gasteiger charge is 2.30. The minimum Gasteiger partial charge on any atom is -0.384 e. The highest BCUT2D eigenvalue weighted by atomic mass is 32.1. The van der Waals surface area contributed by atoms with Crippen LogP contribution in [0.2, 0.25) is 0 Å². The Hall–Kier alpha value is -1.34. The van der Waals surface area contributed by atoms with Crippen LogP contribution in [-0.4, -0.2) is 48.6 Å². The largest absolute Gasteiger partial charge is 0.384 e. The number of nitrogens with one attached hydrogen (secondary N) is 1. The average Bonchev–Trinajstić information content (AvgIpc) is 2.97. The van der Waals surface area contributed by atoms with Crippen molar-refractivity contribution >= 4 is 28.2 Å². The molecule has 0 spiro atoms. The second-order valence-corrected chi connectivity index (χ2v) is 6.51. The fraction of sp³-hybridized carbons (Fsp3) is 0.692. The molecule has 1 amide bonds. The molecule has 3 rings (SSSR count). The van der Waals surface area contributed by atoms with Crippen LogP contribution in [0.4, 0.5) is 10.9 Å². The summed E-state index contributed by atoms with van der Waals surface area (Å²) in [5.74, 6) is 0.781. The van der Waals surface area contributed by atoms with Gasteiger partial charge in [-0.2, -0.15) is 0 Å². The molecule has 3 N–H and O–H groups in total. The number of carbonyl (C=O) groups excluding carboxylic acids is 1. The van der Waals surface area contributed by atoms with Gasteiger partial charge in [-0.25, -0.2) is 4.98 Å². The van der Waals surface area contributed by atoms with Crippen LogP contribution in [0.25, 0.3) is 0 Å². The van der Waals surface area contributed by atoms with Crippen molar-refractivity contribution in [2.75, 3.05) is 37.9 Å². The van der Waals surface area contributed by atoms with E-state index in [4.69, 9.17) is 10.5 Å². The van der Waals surface area contributed by atoms with Crippen LogP contribution in [0.5, 0.6) is 0 Å². The van der Waals surface area contributed by atoms with Crippen LogP contribution >= 0.6 is 11.3 Å². The molecule has 0 radical (unpaired) electrons. The van der Waals surface area contributed by atoms with Gasteiger partial charge in [0.2, 0.25) is 0 Å². The minimum absolute atomic E-state index is 0.00227. The number of anilines is 2. The standard InChI is InChI=1S/C13H20N4O2S/c1-19-7-8-4-5-17(6-8)12(18)10-11(14)16-13(20-10)15-9-2-3-9/h8-9H,2-7,14H2,1H3,(H,15,16). The van der Waals surface area contributed by atoms with E-state index < -0.39 is 0 Å². The number of hydrogen-bond acceptors (Lipinski definition) is 6. The lowest BCUT2D eigenvalue weighted by Gasteiger charge is -2.15. The molecule has 110 valence electrons. The van der Waals surface area contributed by atoms with Gasteiger partial charge in [0.1, 0.15) is 10.7 Å². The van der Waals surface area contributed by atoms with E-state index in [1.807, 2.05) is 4.90 Å². The highest BCUT2D eigenvalue weighted by Crippen LogP contribution is 2.32. The van der Waals surface area contributed by atoms with Gasteiger partial charge in [-0.05, 0) is 19.3 Å². The van der Waals surface area contributed by atoms with Crippen molar-refractivity contribution in [2.45, 2.75) is 25.3 Å². The first-order valence-corrected chi connectivity index (χ1v) is 7.80. The lowest BCUT2D eigenvalue weighted by molar-refractivity contribution is 0.0781. The summed E-state index contributed by atoms with van der Waals surface area (Å²) >= 11 is 1.37. The van der Waals surface area contributed by atoms with Gasteiger partial charge in [0, 0.05) is 32.2 Å². The number of carbonyl (C=O) groups is 1. The number of aromatic nitrogens is 1. The van der Waals surface area contributed by atoms with E-state index in [0.717, 1.165) is 24.6 Å². The molecule has 2 aliphatic rings. The van der Waals surface area contributed by atoms with Crippen molar-refractivity contribution in [2.24, 2.45) is 5.92 Å². The maximum atomic E-state index is 12.5. The molecule has 0 aromatic carbocycles. The molecule has 1 atom stereocenters. The van der Waals surface area contributed by atoms with Gasteiger partial charge in [-0.3, -0.25) is 4.79 Å². The number of rotatable bonds is 5. The number of amides is 1. The Morgan fingerprint density at radius 2 is 2.35 bits per heavy atom. The molecule has 6 nitrogen and oxygen atoms in total. The molecule has 1 saturated carbocycles. The maximum absolute atomic E-state index is 12.5. The normalized spacial score (nSPS) is 22.2. The fourth-order valence-electron chi connectivity index (χ4n) is 2.48. The predicted octanol–water partition coefficient (Wildman–Crippen LogP) is 1.41. The summed E-state index contributed by atoms with van der Waals surface area (Å²) in [5.41, 5.74) is 5.89. The number of methoxy groups -OCH3 is 1. The Bertz CT molecular complexity index is 501. The van der Waals surface area contributed by atoms with E-state index in [0.29, 0.717) is 29.3 Å². The number of nitrogens with two attached hydrogens (primary N) is 1. The zero-order chi connectivity index (χ0) is 14.1. The summed E-state index contributed by atoms with van der Waals surface area (Å²) in [7, 11) is 1.70. The molecular formula is C13H20N4O2S. The van der Waals surface area contributed by atoms with E-state index in [-0.39, 0.29) is 5.91 Å². The van der Waals surface area contributed by atoms with Crippen LogP contribution < -0.4 is 11.1 Å². The van der Waals surface area contributed by atoms with E-state index in [1.54, 1.807) is 7.11 Å². The Balaban J connectivity index is 1.65. The van der Waals surface area contributed by atoms with Gasteiger partial charge < -0.3 is 20.7 Å². The van der Waals surface area contributed by atoms with E-state index in [9.17, 15) is 4.79 Å². The van der Waals surface area contributed by atoms with Crippen LogP contribution in [0.3, 0.4) is 0 Å². The molecule has 1 aromatic heterocycles. The summed E-state index contributed by atoms with van der Waals surface area (Å²) in [6.45, 7) is 2.22. The van der Waals surface area contributed by atoms with E-state index >= 15 is 0 Å². The second kappa shape index (κ2) is 5.57. The molecule has 2 fully saturated rings. The van der Waals surface area contributed by atoms with Gasteiger partial charge in [-0.15, -0.1) is 0 Å². The minimum atomic E-state index is 0.00227. The highest BCUT2D eigenvalue weighted by molar-refractivity contribution is 7.18. The van der Waals surface area contributed by atoms with E-state index in [1.165, 1.54) is 24.2 Å². The van der Waals surface area contributed by atoms with Gasteiger partial charge in [0.05, 0.1) is 6.61 Å². The van der Waals surface area contributed by atoms with Crippen molar-refractivity contribution in [3.05, 3.63) is 4.88 Å². The molecular weight excluding hydrogens is 276 g/mol. The Kier molecular flexibility index (Phi) is 3.80. The molecule has 0 bridgehead atoms. The van der Waals surface area contributed by atoms with Crippen molar-refractivity contribution in [1.29, 1.82) is 0 Å². The van der Waals surface area contributed by atoms with E-state index in [2.05, 4.69) is 10.3 Å². The third kappa shape index (κ3) is 2.88. The Morgan fingerprint density at radius 3 is 3.05 bits per heavy atom. The van der Waals surface area contributed by atoms with Crippen LogP contribution in [0.15, 0.2) is 0 Å². The SMILES string of the molecule is COCC1CCN(C(=O)c2sc(NC3CC3)nc2N)C1. The zero-order valence-electron chi connectivity index (χ0n) is 11.6. The van der Waals surface area contributed by atoms with Gasteiger partial charge in [0.25, 0.3) is 5.91 Å². The molecule has 7 heteroatoms. The number of likely N-dealkylation sites (tertiary alicyclic amines) is 1.